The van der Waals surface area contributed by atoms with Gasteiger partial charge >= 0.3 is 0 Å². The van der Waals surface area contributed by atoms with E-state index in [0.29, 0.717) is 18.7 Å². The fraction of sp³-hybridized carbons (Fsp3) is 0.647. The summed E-state index contributed by atoms with van der Waals surface area (Å²) in [6, 6.07) is 9.05. The Balaban J connectivity index is 1.41. The van der Waals surface area contributed by atoms with Gasteiger partial charge in [0.1, 0.15) is 12.7 Å². The van der Waals surface area contributed by atoms with Gasteiger partial charge in [0.25, 0.3) is 0 Å². The predicted octanol–water partition coefficient (Wildman–Crippen LogP) is 2.34. The second-order valence-corrected chi connectivity index (χ2v) is 6.19. The summed E-state index contributed by atoms with van der Waals surface area (Å²) in [7, 11) is 0. The summed E-state index contributed by atoms with van der Waals surface area (Å²) in [6.07, 6.45) is 5.28. The van der Waals surface area contributed by atoms with Gasteiger partial charge in [-0.15, -0.1) is 0 Å². The zero-order valence-corrected chi connectivity index (χ0v) is 12.8. The Hall–Kier alpha value is -1.26. The quantitative estimate of drug-likeness (QED) is 0.873. The maximum Gasteiger partial charge on any atom is 0.161 e. The van der Waals surface area contributed by atoms with Crippen molar-refractivity contribution in [2.24, 2.45) is 0 Å². The van der Waals surface area contributed by atoms with Gasteiger partial charge in [-0.2, -0.15) is 0 Å². The van der Waals surface area contributed by atoms with E-state index in [-0.39, 0.29) is 6.10 Å². The van der Waals surface area contributed by atoms with Crippen molar-refractivity contribution in [3.8, 4) is 11.5 Å². The van der Waals surface area contributed by atoms with Crippen LogP contribution in [0.3, 0.4) is 0 Å². The molecule has 0 spiro atoms. The molecule has 1 saturated heterocycles. The van der Waals surface area contributed by atoms with Crippen LogP contribution in [0.4, 0.5) is 0 Å². The van der Waals surface area contributed by atoms with Crippen LogP contribution >= 0.6 is 0 Å². The van der Waals surface area contributed by atoms with Crippen molar-refractivity contribution in [2.75, 3.05) is 19.7 Å². The van der Waals surface area contributed by atoms with Crippen LogP contribution < -0.4 is 20.1 Å². The topological polar surface area (TPSA) is 42.5 Å². The molecule has 0 amide bonds. The molecule has 3 unspecified atom stereocenters. The molecule has 3 atom stereocenters. The van der Waals surface area contributed by atoms with Gasteiger partial charge in [0.2, 0.25) is 0 Å². The van der Waals surface area contributed by atoms with E-state index in [1.54, 1.807) is 0 Å². The molecular weight excluding hydrogens is 264 g/mol. The lowest BCUT2D eigenvalue weighted by Gasteiger charge is -2.29. The smallest absolute Gasteiger partial charge is 0.161 e. The molecule has 4 nitrogen and oxygen atoms in total. The molecule has 0 bridgehead atoms. The van der Waals surface area contributed by atoms with E-state index in [9.17, 15) is 0 Å². The summed E-state index contributed by atoms with van der Waals surface area (Å²) in [5.74, 6) is 1.71. The Morgan fingerprint density at radius 1 is 1.29 bits per heavy atom. The number of benzene rings is 1. The van der Waals surface area contributed by atoms with Crippen molar-refractivity contribution in [3.63, 3.8) is 0 Å². The van der Waals surface area contributed by atoms with Gasteiger partial charge < -0.3 is 20.1 Å². The highest BCUT2D eigenvalue weighted by Crippen LogP contribution is 2.30. The van der Waals surface area contributed by atoms with Gasteiger partial charge in [0.05, 0.1) is 0 Å². The lowest BCUT2D eigenvalue weighted by Crippen LogP contribution is -2.44. The lowest BCUT2D eigenvalue weighted by atomic mass is 9.99. The van der Waals surface area contributed by atoms with Crippen molar-refractivity contribution in [1.82, 2.24) is 10.6 Å². The molecule has 2 aliphatic heterocycles. The molecule has 2 N–H and O–H groups in total. The van der Waals surface area contributed by atoms with Crippen LogP contribution in [0.25, 0.3) is 0 Å². The number of ether oxygens (including phenoxy) is 2. The first-order valence-electron chi connectivity index (χ1n) is 8.16. The number of rotatable bonds is 5. The van der Waals surface area contributed by atoms with Gasteiger partial charge in [-0.25, -0.2) is 0 Å². The molecule has 0 aliphatic carbocycles. The number of fused-ring (bicyclic) bond motifs is 1. The molecule has 0 radical (unpaired) electrons. The third-order valence-electron chi connectivity index (χ3n) is 4.31. The molecule has 21 heavy (non-hydrogen) atoms. The Bertz CT molecular complexity index is 446. The number of nitrogens with one attached hydrogen (secondary N) is 2. The average molecular weight is 290 g/mol. The van der Waals surface area contributed by atoms with E-state index in [0.717, 1.165) is 18.0 Å². The molecule has 0 aromatic heterocycles. The second-order valence-electron chi connectivity index (χ2n) is 6.19. The van der Waals surface area contributed by atoms with Gasteiger partial charge in [-0.1, -0.05) is 18.6 Å². The highest BCUT2D eigenvalue weighted by atomic mass is 16.6. The van der Waals surface area contributed by atoms with Crippen LogP contribution in [0.1, 0.15) is 32.6 Å². The summed E-state index contributed by atoms with van der Waals surface area (Å²) < 4.78 is 11.7. The molecule has 3 rings (SSSR count). The van der Waals surface area contributed by atoms with E-state index in [1.165, 1.54) is 32.2 Å². The molecule has 1 fully saturated rings. The molecular formula is C17H26N2O2. The summed E-state index contributed by atoms with van der Waals surface area (Å²) in [6.45, 7) is 4.89. The van der Waals surface area contributed by atoms with E-state index >= 15 is 0 Å². The fourth-order valence-corrected chi connectivity index (χ4v) is 3.13. The maximum absolute atomic E-state index is 5.97. The van der Waals surface area contributed by atoms with Crippen molar-refractivity contribution < 1.29 is 9.47 Å². The monoisotopic (exact) mass is 290 g/mol. The fourth-order valence-electron chi connectivity index (χ4n) is 3.13. The lowest BCUT2D eigenvalue weighted by molar-refractivity contribution is 0.0879. The number of para-hydroxylation sites is 2. The summed E-state index contributed by atoms with van der Waals surface area (Å²) >= 11 is 0. The average Bonchev–Trinajstić information content (AvgIpc) is 2.54. The Morgan fingerprint density at radius 2 is 2.14 bits per heavy atom. The normalized spacial score (nSPS) is 26.3. The molecule has 1 aromatic carbocycles. The first-order valence-corrected chi connectivity index (χ1v) is 8.16. The Morgan fingerprint density at radius 3 is 2.95 bits per heavy atom. The third kappa shape index (κ3) is 4.11. The zero-order chi connectivity index (χ0) is 14.5. The van der Waals surface area contributed by atoms with Crippen LogP contribution in [-0.4, -0.2) is 37.9 Å². The van der Waals surface area contributed by atoms with Crippen molar-refractivity contribution in [3.05, 3.63) is 24.3 Å². The van der Waals surface area contributed by atoms with E-state index in [1.807, 2.05) is 24.3 Å². The minimum absolute atomic E-state index is 0.0988. The van der Waals surface area contributed by atoms with Gasteiger partial charge in [0, 0.05) is 18.6 Å². The zero-order valence-electron chi connectivity index (χ0n) is 12.8. The second kappa shape index (κ2) is 7.14. The SMILES string of the molecule is CC(CC1CCCCN1)NCC1COc2ccccc2O1. The van der Waals surface area contributed by atoms with Crippen molar-refractivity contribution >= 4 is 0 Å². The summed E-state index contributed by atoms with van der Waals surface area (Å²) in [5.41, 5.74) is 0. The standard InChI is InChI=1S/C17H26N2O2/c1-13(10-14-6-4-5-9-18-14)19-11-15-12-20-16-7-2-3-8-17(16)21-15/h2-3,7-8,13-15,18-19H,4-6,9-12H2,1H3. The molecule has 1 aromatic rings. The predicted molar refractivity (Wildman–Crippen MR) is 84.1 cm³/mol. The van der Waals surface area contributed by atoms with Crippen molar-refractivity contribution in [1.29, 1.82) is 0 Å². The molecule has 2 heterocycles. The molecule has 0 saturated carbocycles. The minimum atomic E-state index is 0.0988. The van der Waals surface area contributed by atoms with Gasteiger partial charge in [0.15, 0.2) is 11.5 Å². The summed E-state index contributed by atoms with van der Waals surface area (Å²) in [4.78, 5) is 0. The summed E-state index contributed by atoms with van der Waals surface area (Å²) in [5, 5.41) is 7.19. The maximum atomic E-state index is 5.97. The highest BCUT2D eigenvalue weighted by Gasteiger charge is 2.22. The Labute approximate surface area is 127 Å². The van der Waals surface area contributed by atoms with Gasteiger partial charge in [-0.3, -0.25) is 0 Å². The van der Waals surface area contributed by atoms with Crippen molar-refractivity contribution in [2.45, 2.75) is 50.8 Å². The van der Waals surface area contributed by atoms with Crippen LogP contribution in [0.5, 0.6) is 11.5 Å². The first kappa shape index (κ1) is 14.7. The van der Waals surface area contributed by atoms with Crippen LogP contribution in [0.15, 0.2) is 24.3 Å². The number of hydrogen-bond donors (Lipinski definition) is 2. The van der Waals surface area contributed by atoms with E-state index in [2.05, 4.69) is 17.6 Å². The molecule has 4 heteroatoms. The minimum Gasteiger partial charge on any atom is -0.486 e. The van der Waals surface area contributed by atoms with Crippen LogP contribution in [-0.2, 0) is 0 Å². The number of piperidine rings is 1. The van der Waals surface area contributed by atoms with E-state index < -0.39 is 0 Å². The van der Waals surface area contributed by atoms with Gasteiger partial charge in [-0.05, 0) is 44.9 Å². The molecule has 2 aliphatic rings. The Kier molecular flexibility index (Phi) is 4.99. The first-order chi connectivity index (χ1) is 10.3. The van der Waals surface area contributed by atoms with E-state index in [4.69, 9.17) is 9.47 Å². The largest absolute Gasteiger partial charge is 0.486 e. The van der Waals surface area contributed by atoms with Crippen LogP contribution in [0, 0.1) is 0 Å². The third-order valence-corrected chi connectivity index (χ3v) is 4.31. The number of hydrogen-bond acceptors (Lipinski definition) is 4. The highest BCUT2D eigenvalue weighted by molar-refractivity contribution is 5.40. The van der Waals surface area contributed by atoms with Crippen LogP contribution in [0.2, 0.25) is 0 Å². The molecule has 116 valence electrons.